The minimum absolute atomic E-state index is 0.0233. The van der Waals surface area contributed by atoms with Crippen LogP contribution in [-0.2, 0) is 17.8 Å². The Kier molecular flexibility index (Phi) is 5.24. The van der Waals surface area contributed by atoms with Crippen molar-refractivity contribution in [1.82, 2.24) is 20.3 Å². The summed E-state index contributed by atoms with van der Waals surface area (Å²) >= 11 is 0. The molecular weight excluding hydrogens is 284 g/mol. The molecule has 7 heteroatoms. The van der Waals surface area contributed by atoms with Crippen LogP contribution in [-0.4, -0.2) is 38.0 Å². The van der Waals surface area contributed by atoms with E-state index in [1.165, 1.54) is 16.4 Å². The second-order valence-electron chi connectivity index (χ2n) is 5.10. The monoisotopic (exact) mass is 302 g/mol. The molecule has 0 radical (unpaired) electrons. The molecule has 0 saturated heterocycles. The SMILES string of the molecule is CC(CCc1ccccc1)NC(=O)Cn1cc(C(=O)O)nn1. The number of nitrogens with one attached hydrogen (secondary N) is 1. The highest BCUT2D eigenvalue weighted by molar-refractivity contribution is 5.84. The molecule has 2 rings (SSSR count). The standard InChI is InChI=1S/C15H18N4O3/c1-11(7-8-12-5-3-2-4-6-12)16-14(20)10-19-9-13(15(21)22)17-18-19/h2-6,9,11H,7-8,10H2,1H3,(H,16,20)(H,21,22). The molecule has 2 N–H and O–H groups in total. The first-order chi connectivity index (χ1) is 10.5. The van der Waals surface area contributed by atoms with Gasteiger partial charge >= 0.3 is 5.97 Å². The van der Waals surface area contributed by atoms with E-state index in [4.69, 9.17) is 5.11 Å². The van der Waals surface area contributed by atoms with Crippen molar-refractivity contribution in [3.8, 4) is 0 Å². The van der Waals surface area contributed by atoms with E-state index in [1.54, 1.807) is 0 Å². The van der Waals surface area contributed by atoms with Crippen molar-refractivity contribution < 1.29 is 14.7 Å². The predicted molar refractivity (Wildman–Crippen MR) is 79.3 cm³/mol. The number of hydrogen-bond acceptors (Lipinski definition) is 4. The van der Waals surface area contributed by atoms with Crippen LogP contribution in [0, 0.1) is 0 Å². The highest BCUT2D eigenvalue weighted by Crippen LogP contribution is 2.04. The zero-order valence-corrected chi connectivity index (χ0v) is 12.3. The number of nitrogens with zero attached hydrogens (tertiary/aromatic N) is 3. The lowest BCUT2D eigenvalue weighted by atomic mass is 10.1. The Morgan fingerprint density at radius 3 is 2.68 bits per heavy atom. The summed E-state index contributed by atoms with van der Waals surface area (Å²) in [6, 6.07) is 10.1. The number of benzene rings is 1. The molecule has 0 fully saturated rings. The minimum atomic E-state index is -1.16. The number of aryl methyl sites for hydroxylation is 1. The smallest absolute Gasteiger partial charge is 0.358 e. The van der Waals surface area contributed by atoms with Gasteiger partial charge in [0.2, 0.25) is 5.91 Å². The summed E-state index contributed by atoms with van der Waals surface area (Å²) in [7, 11) is 0. The third-order valence-electron chi connectivity index (χ3n) is 3.18. The molecule has 2 aromatic rings. The number of amides is 1. The van der Waals surface area contributed by atoms with Gasteiger partial charge in [-0.2, -0.15) is 0 Å². The topological polar surface area (TPSA) is 97.1 Å². The van der Waals surface area contributed by atoms with Crippen molar-refractivity contribution >= 4 is 11.9 Å². The first-order valence-corrected chi connectivity index (χ1v) is 7.01. The number of carboxylic acid groups (broad SMARTS) is 1. The average molecular weight is 302 g/mol. The fraction of sp³-hybridized carbons (Fsp3) is 0.333. The summed E-state index contributed by atoms with van der Waals surface area (Å²) in [5.74, 6) is -1.38. The molecule has 22 heavy (non-hydrogen) atoms. The van der Waals surface area contributed by atoms with Crippen LogP contribution in [0.25, 0.3) is 0 Å². The summed E-state index contributed by atoms with van der Waals surface area (Å²) < 4.78 is 1.21. The lowest BCUT2D eigenvalue weighted by molar-refractivity contribution is -0.122. The summed E-state index contributed by atoms with van der Waals surface area (Å²) in [6.07, 6.45) is 2.94. The van der Waals surface area contributed by atoms with Gasteiger partial charge in [-0.1, -0.05) is 35.5 Å². The van der Waals surface area contributed by atoms with Crippen molar-refractivity contribution in [1.29, 1.82) is 0 Å². The van der Waals surface area contributed by atoms with Gasteiger partial charge in [0.25, 0.3) is 0 Å². The minimum Gasteiger partial charge on any atom is -0.476 e. The van der Waals surface area contributed by atoms with Crippen molar-refractivity contribution in [3.05, 3.63) is 47.8 Å². The highest BCUT2D eigenvalue weighted by atomic mass is 16.4. The number of aromatic nitrogens is 3. The molecule has 0 saturated carbocycles. The third kappa shape index (κ3) is 4.69. The Hall–Kier alpha value is -2.70. The van der Waals surface area contributed by atoms with Crippen LogP contribution in [0.3, 0.4) is 0 Å². The van der Waals surface area contributed by atoms with Crippen LogP contribution in [0.15, 0.2) is 36.5 Å². The Balaban J connectivity index is 1.77. The van der Waals surface area contributed by atoms with Gasteiger partial charge in [0, 0.05) is 6.04 Å². The van der Waals surface area contributed by atoms with Gasteiger partial charge in [0.15, 0.2) is 5.69 Å². The zero-order chi connectivity index (χ0) is 15.9. The fourth-order valence-electron chi connectivity index (χ4n) is 2.04. The maximum absolute atomic E-state index is 11.9. The van der Waals surface area contributed by atoms with Gasteiger partial charge in [0.05, 0.1) is 6.20 Å². The maximum atomic E-state index is 11.9. The Bertz CT molecular complexity index is 639. The first kappa shape index (κ1) is 15.7. The fourth-order valence-corrected chi connectivity index (χ4v) is 2.04. The molecule has 0 bridgehead atoms. The van der Waals surface area contributed by atoms with Crippen molar-refractivity contribution in [2.75, 3.05) is 0 Å². The van der Waals surface area contributed by atoms with Crippen LogP contribution < -0.4 is 5.32 Å². The predicted octanol–water partition coefficient (Wildman–Crippen LogP) is 1.11. The molecular formula is C15H18N4O3. The largest absolute Gasteiger partial charge is 0.476 e. The highest BCUT2D eigenvalue weighted by Gasteiger charge is 2.12. The van der Waals surface area contributed by atoms with E-state index in [0.717, 1.165) is 12.8 Å². The molecule has 0 aliphatic rings. The molecule has 116 valence electrons. The van der Waals surface area contributed by atoms with Crippen LogP contribution in [0.2, 0.25) is 0 Å². The van der Waals surface area contributed by atoms with E-state index in [9.17, 15) is 9.59 Å². The van der Waals surface area contributed by atoms with Crippen molar-refractivity contribution in [3.63, 3.8) is 0 Å². The molecule has 7 nitrogen and oxygen atoms in total. The van der Waals surface area contributed by atoms with E-state index in [1.807, 2.05) is 25.1 Å². The molecule has 1 aromatic heterocycles. The normalized spacial score (nSPS) is 11.9. The number of rotatable bonds is 7. The number of aromatic carboxylic acids is 1. The van der Waals surface area contributed by atoms with E-state index in [0.29, 0.717) is 0 Å². The van der Waals surface area contributed by atoms with Gasteiger partial charge in [-0.15, -0.1) is 5.10 Å². The molecule has 1 atom stereocenters. The quantitative estimate of drug-likeness (QED) is 0.798. The first-order valence-electron chi connectivity index (χ1n) is 7.01. The van der Waals surface area contributed by atoms with Crippen LogP contribution in [0.4, 0.5) is 0 Å². The lowest BCUT2D eigenvalue weighted by Crippen LogP contribution is -2.35. The molecule has 1 unspecified atom stereocenters. The molecule has 0 aliphatic heterocycles. The van der Waals surface area contributed by atoms with Gasteiger partial charge in [-0.05, 0) is 25.3 Å². The van der Waals surface area contributed by atoms with Gasteiger partial charge in [-0.3, -0.25) is 4.79 Å². The maximum Gasteiger partial charge on any atom is 0.358 e. The van der Waals surface area contributed by atoms with Gasteiger partial charge < -0.3 is 10.4 Å². The zero-order valence-electron chi connectivity index (χ0n) is 12.3. The Morgan fingerprint density at radius 2 is 2.05 bits per heavy atom. The number of carbonyl (C=O) groups excluding carboxylic acids is 1. The van der Waals surface area contributed by atoms with Crippen LogP contribution in [0.5, 0.6) is 0 Å². The lowest BCUT2D eigenvalue weighted by Gasteiger charge is -2.13. The van der Waals surface area contributed by atoms with Crippen LogP contribution in [0.1, 0.15) is 29.4 Å². The second-order valence-corrected chi connectivity index (χ2v) is 5.10. The average Bonchev–Trinajstić information content (AvgIpc) is 2.95. The van der Waals surface area contributed by atoms with E-state index in [2.05, 4.69) is 27.8 Å². The van der Waals surface area contributed by atoms with Gasteiger partial charge in [0.1, 0.15) is 6.54 Å². The number of carboxylic acids is 1. The van der Waals surface area contributed by atoms with Gasteiger partial charge in [-0.25, -0.2) is 9.48 Å². The molecule has 0 aliphatic carbocycles. The molecule has 0 spiro atoms. The summed E-state index contributed by atoms with van der Waals surface area (Å²) in [4.78, 5) is 22.5. The van der Waals surface area contributed by atoms with E-state index in [-0.39, 0.29) is 24.2 Å². The summed E-state index contributed by atoms with van der Waals surface area (Å²) in [5, 5.41) is 18.7. The number of hydrogen-bond donors (Lipinski definition) is 2. The molecule has 1 aromatic carbocycles. The molecule has 1 amide bonds. The Labute approximate surface area is 128 Å². The Morgan fingerprint density at radius 1 is 1.32 bits per heavy atom. The number of carbonyl (C=O) groups is 2. The van der Waals surface area contributed by atoms with Crippen molar-refractivity contribution in [2.45, 2.75) is 32.4 Å². The second kappa shape index (κ2) is 7.35. The summed E-state index contributed by atoms with van der Waals surface area (Å²) in [5.41, 5.74) is 1.05. The van der Waals surface area contributed by atoms with E-state index < -0.39 is 5.97 Å². The van der Waals surface area contributed by atoms with Crippen LogP contribution >= 0.6 is 0 Å². The third-order valence-corrected chi connectivity index (χ3v) is 3.18. The molecule has 1 heterocycles. The van der Waals surface area contributed by atoms with Crippen molar-refractivity contribution in [2.24, 2.45) is 0 Å². The van der Waals surface area contributed by atoms with E-state index >= 15 is 0 Å². The summed E-state index contributed by atoms with van der Waals surface area (Å²) in [6.45, 7) is 1.89.